The highest BCUT2D eigenvalue weighted by Gasteiger charge is 2.37. The monoisotopic (exact) mass is 402 g/mol. The number of anilines is 1. The summed E-state index contributed by atoms with van der Waals surface area (Å²) in [5.41, 5.74) is 10.2. The molecule has 0 bridgehead atoms. The number of nitrogens with two attached hydrogens (primary N) is 1. The van der Waals surface area contributed by atoms with Gasteiger partial charge in [0.05, 0.1) is 16.8 Å². The minimum Gasteiger partial charge on any atom is -0.369 e. The molecule has 1 aromatic heterocycles. The van der Waals surface area contributed by atoms with E-state index in [0.717, 1.165) is 28.2 Å². The summed E-state index contributed by atoms with van der Waals surface area (Å²) in [4.78, 5) is 27.5. The highest BCUT2D eigenvalue weighted by Crippen LogP contribution is 2.36. The summed E-state index contributed by atoms with van der Waals surface area (Å²) >= 11 is 0. The Morgan fingerprint density at radius 3 is 2.53 bits per heavy atom. The summed E-state index contributed by atoms with van der Waals surface area (Å²) < 4.78 is 1.80. The van der Waals surface area contributed by atoms with Crippen LogP contribution >= 0.6 is 0 Å². The number of amides is 2. The largest absolute Gasteiger partial charge is 0.369 e. The molecule has 0 radical (unpaired) electrons. The first kappa shape index (κ1) is 19.9. The molecule has 30 heavy (non-hydrogen) atoms. The molecule has 1 aliphatic rings. The van der Waals surface area contributed by atoms with Crippen LogP contribution in [0.5, 0.6) is 0 Å². The summed E-state index contributed by atoms with van der Waals surface area (Å²) in [5, 5.41) is 4.44. The molecule has 2 heterocycles. The minimum absolute atomic E-state index is 0.0723. The number of hydrogen-bond donors (Lipinski definition) is 1. The fourth-order valence-corrected chi connectivity index (χ4v) is 4.07. The zero-order valence-corrected chi connectivity index (χ0v) is 17.6. The molecule has 0 fully saturated rings. The molecule has 6 heteroatoms. The Balaban J connectivity index is 1.70. The lowest BCUT2D eigenvalue weighted by atomic mass is 9.80. The fourth-order valence-electron chi connectivity index (χ4n) is 4.07. The second-order valence-electron chi connectivity index (χ2n) is 8.34. The summed E-state index contributed by atoms with van der Waals surface area (Å²) in [6.45, 7) is 6.20. The van der Waals surface area contributed by atoms with E-state index in [1.54, 1.807) is 9.58 Å². The van der Waals surface area contributed by atoms with E-state index < -0.39 is 5.41 Å². The van der Waals surface area contributed by atoms with E-state index in [1.807, 2.05) is 75.5 Å². The lowest BCUT2D eigenvalue weighted by Gasteiger charge is -2.25. The molecular weight excluding hydrogens is 376 g/mol. The number of aryl methyl sites for hydroxylation is 2. The highest BCUT2D eigenvalue weighted by molar-refractivity contribution is 6.07. The molecule has 2 amide bonds. The molecule has 0 saturated heterocycles. The van der Waals surface area contributed by atoms with Crippen molar-refractivity contribution >= 4 is 17.5 Å². The molecule has 0 saturated carbocycles. The van der Waals surface area contributed by atoms with Crippen molar-refractivity contribution in [3.05, 3.63) is 77.1 Å². The molecular formula is C24H26N4O2. The molecule has 0 spiro atoms. The molecule has 3 aromatic rings. The average molecular weight is 402 g/mol. The second kappa shape index (κ2) is 7.44. The third-order valence-corrected chi connectivity index (χ3v) is 6.02. The van der Waals surface area contributed by atoms with Crippen LogP contribution in [0, 0.1) is 19.3 Å². The fraction of sp³-hybridized carbons (Fsp3) is 0.292. The number of para-hydroxylation sites is 1. The summed E-state index contributed by atoms with van der Waals surface area (Å²) in [6.07, 6.45) is 2.95. The predicted octanol–water partition coefficient (Wildman–Crippen LogP) is 3.57. The first-order valence-corrected chi connectivity index (χ1v) is 10.1. The Labute approximate surface area is 176 Å². The maximum absolute atomic E-state index is 13.6. The predicted molar refractivity (Wildman–Crippen MR) is 117 cm³/mol. The van der Waals surface area contributed by atoms with Crippen LogP contribution in [0.2, 0.25) is 0 Å². The Hall–Kier alpha value is -3.41. The van der Waals surface area contributed by atoms with Crippen LogP contribution in [0.25, 0.3) is 5.69 Å². The number of benzene rings is 2. The number of hydrogen-bond acceptors (Lipinski definition) is 3. The number of fused-ring (bicyclic) bond motifs is 1. The number of rotatable bonds is 3. The van der Waals surface area contributed by atoms with E-state index in [-0.39, 0.29) is 11.8 Å². The van der Waals surface area contributed by atoms with Crippen molar-refractivity contribution in [2.75, 3.05) is 11.4 Å². The van der Waals surface area contributed by atoms with Crippen LogP contribution in [0.3, 0.4) is 0 Å². The molecule has 4 rings (SSSR count). The minimum atomic E-state index is -0.679. The second-order valence-corrected chi connectivity index (χ2v) is 8.34. The smallest absolute Gasteiger partial charge is 0.258 e. The topological polar surface area (TPSA) is 81.2 Å². The average Bonchev–Trinajstić information content (AvgIpc) is 3.08. The molecule has 6 nitrogen and oxygen atoms in total. The lowest BCUT2D eigenvalue weighted by molar-refractivity contribution is -0.127. The number of aromatic nitrogens is 2. The third-order valence-electron chi connectivity index (χ3n) is 6.02. The van der Waals surface area contributed by atoms with E-state index in [4.69, 9.17) is 5.73 Å². The lowest BCUT2D eigenvalue weighted by Crippen LogP contribution is -2.38. The zero-order chi connectivity index (χ0) is 21.5. The van der Waals surface area contributed by atoms with Gasteiger partial charge in [0, 0.05) is 24.0 Å². The maximum atomic E-state index is 13.6. The van der Waals surface area contributed by atoms with E-state index in [9.17, 15) is 9.59 Å². The van der Waals surface area contributed by atoms with Crippen molar-refractivity contribution in [3.63, 3.8) is 0 Å². The van der Waals surface area contributed by atoms with E-state index in [2.05, 4.69) is 5.10 Å². The van der Waals surface area contributed by atoms with E-state index in [0.29, 0.717) is 24.9 Å². The highest BCUT2D eigenvalue weighted by atomic mass is 16.2. The van der Waals surface area contributed by atoms with Gasteiger partial charge >= 0.3 is 0 Å². The van der Waals surface area contributed by atoms with Gasteiger partial charge < -0.3 is 10.6 Å². The van der Waals surface area contributed by atoms with Crippen LogP contribution < -0.4 is 10.6 Å². The Bertz CT molecular complexity index is 1130. The Kier molecular flexibility index (Phi) is 4.94. The van der Waals surface area contributed by atoms with Gasteiger partial charge in [0.1, 0.15) is 0 Å². The van der Waals surface area contributed by atoms with Crippen molar-refractivity contribution < 1.29 is 9.59 Å². The van der Waals surface area contributed by atoms with Gasteiger partial charge in [-0.2, -0.15) is 5.10 Å². The SMILES string of the molecule is Cc1ccn(-c2ccc(C(=O)N3CCC(C)(C(N)=O)Cc4ccccc43)c(C)c2)n1. The Morgan fingerprint density at radius 1 is 1.10 bits per heavy atom. The summed E-state index contributed by atoms with van der Waals surface area (Å²) in [7, 11) is 0. The molecule has 2 N–H and O–H groups in total. The van der Waals surface area contributed by atoms with Crippen LogP contribution in [0.4, 0.5) is 5.69 Å². The quantitative estimate of drug-likeness (QED) is 0.727. The zero-order valence-electron chi connectivity index (χ0n) is 17.6. The first-order chi connectivity index (χ1) is 14.3. The van der Waals surface area contributed by atoms with Gasteiger partial charge in [0.25, 0.3) is 5.91 Å². The van der Waals surface area contributed by atoms with Crippen molar-refractivity contribution in [1.29, 1.82) is 0 Å². The van der Waals surface area contributed by atoms with Crippen molar-refractivity contribution in [2.24, 2.45) is 11.1 Å². The standard InChI is InChI=1S/C24H26N4O2/c1-16-14-19(28-12-10-17(2)26-28)8-9-20(16)22(29)27-13-11-24(3,23(25)30)15-18-6-4-5-7-21(18)27/h4-10,12,14H,11,13,15H2,1-3H3,(H2,25,30). The molecule has 2 aromatic carbocycles. The number of primary amides is 1. The number of nitrogens with zero attached hydrogens (tertiary/aromatic N) is 3. The van der Waals surface area contributed by atoms with Gasteiger partial charge in [-0.3, -0.25) is 9.59 Å². The first-order valence-electron chi connectivity index (χ1n) is 10.1. The number of carbonyl (C=O) groups is 2. The Morgan fingerprint density at radius 2 is 1.87 bits per heavy atom. The molecule has 1 unspecified atom stereocenters. The van der Waals surface area contributed by atoms with Gasteiger partial charge in [-0.05, 0) is 68.1 Å². The molecule has 0 aliphatic carbocycles. The number of carbonyl (C=O) groups excluding carboxylic acids is 2. The van der Waals surface area contributed by atoms with E-state index in [1.165, 1.54) is 0 Å². The van der Waals surface area contributed by atoms with E-state index >= 15 is 0 Å². The maximum Gasteiger partial charge on any atom is 0.258 e. The third kappa shape index (κ3) is 3.49. The summed E-state index contributed by atoms with van der Waals surface area (Å²) in [5.74, 6) is -0.404. The van der Waals surface area contributed by atoms with Crippen molar-refractivity contribution in [1.82, 2.24) is 9.78 Å². The van der Waals surface area contributed by atoms with Crippen LogP contribution in [-0.4, -0.2) is 28.1 Å². The molecule has 1 atom stereocenters. The van der Waals surface area contributed by atoms with Crippen LogP contribution in [0.15, 0.2) is 54.7 Å². The molecule has 154 valence electrons. The van der Waals surface area contributed by atoms with Crippen molar-refractivity contribution in [2.45, 2.75) is 33.6 Å². The van der Waals surface area contributed by atoms with Crippen molar-refractivity contribution in [3.8, 4) is 5.69 Å². The van der Waals surface area contributed by atoms with Crippen LogP contribution in [-0.2, 0) is 11.2 Å². The van der Waals surface area contributed by atoms with Crippen LogP contribution in [0.1, 0.15) is 40.5 Å². The summed E-state index contributed by atoms with van der Waals surface area (Å²) in [6, 6.07) is 15.4. The van der Waals surface area contributed by atoms with Gasteiger partial charge in [-0.15, -0.1) is 0 Å². The normalized spacial score (nSPS) is 18.6. The van der Waals surface area contributed by atoms with Gasteiger partial charge in [-0.1, -0.05) is 25.1 Å². The van der Waals surface area contributed by atoms with Gasteiger partial charge in [0.15, 0.2) is 0 Å². The van der Waals surface area contributed by atoms with Gasteiger partial charge in [0.2, 0.25) is 5.91 Å². The van der Waals surface area contributed by atoms with Gasteiger partial charge in [-0.25, -0.2) is 4.68 Å². The molecule has 1 aliphatic heterocycles.